The number of nitrogens with zero attached hydrogens (tertiary/aromatic N) is 5. The van der Waals surface area contributed by atoms with Crippen LogP contribution < -0.4 is 0 Å². The molecule has 0 amide bonds. The lowest BCUT2D eigenvalue weighted by molar-refractivity contribution is -0.404. The molecule has 0 saturated heterocycles. The van der Waals surface area contributed by atoms with E-state index >= 15 is 0 Å². The average molecular weight is 506 g/mol. The van der Waals surface area contributed by atoms with E-state index in [1.165, 1.54) is 5.56 Å². The number of non-ortho nitro benzene ring substituents is 1. The molecule has 0 atom stereocenters. The number of aromatic nitrogens is 2. The molecular formula is C20H13Cl2N5O7. The SMILES string of the molecule is Cc1ccn2cc(-c3ccc(Cl)cc3Cl)nc2c1.O=[N+]([O-])c1cc([N+](=O)[O-])c(O)c([N+](=O)[O-])c1. The molecule has 0 bridgehead atoms. The normalized spacial score (nSPS) is 10.4. The molecule has 0 aliphatic carbocycles. The Bertz CT molecular complexity index is 1420. The third kappa shape index (κ3) is 5.19. The summed E-state index contributed by atoms with van der Waals surface area (Å²) in [4.78, 5) is 32.3. The van der Waals surface area contributed by atoms with Crippen LogP contribution in [-0.4, -0.2) is 29.3 Å². The summed E-state index contributed by atoms with van der Waals surface area (Å²) < 4.78 is 1.98. The van der Waals surface area contributed by atoms with Crippen molar-refractivity contribution in [3.05, 3.63) is 101 Å². The second-order valence-electron chi connectivity index (χ2n) is 6.82. The fourth-order valence-corrected chi connectivity index (χ4v) is 3.39. The maximum Gasteiger partial charge on any atom is 0.324 e. The number of phenols is 1. The van der Waals surface area contributed by atoms with Gasteiger partial charge in [-0.05, 0) is 42.8 Å². The fourth-order valence-electron chi connectivity index (χ4n) is 2.88. The van der Waals surface area contributed by atoms with Gasteiger partial charge in [0.1, 0.15) is 5.65 Å². The van der Waals surface area contributed by atoms with Crippen molar-refractivity contribution in [2.45, 2.75) is 6.92 Å². The minimum Gasteiger partial charge on any atom is -0.497 e. The van der Waals surface area contributed by atoms with E-state index in [-0.39, 0.29) is 0 Å². The molecule has 0 saturated carbocycles. The molecule has 12 nitrogen and oxygen atoms in total. The fraction of sp³-hybridized carbons (Fsp3) is 0.0500. The number of aromatic hydroxyl groups is 1. The Morgan fingerprint density at radius 3 is 2.06 bits per heavy atom. The van der Waals surface area contributed by atoms with E-state index in [2.05, 4.69) is 4.98 Å². The summed E-state index contributed by atoms with van der Waals surface area (Å²) in [6, 6.07) is 10.4. The van der Waals surface area contributed by atoms with Gasteiger partial charge in [0, 0.05) is 23.0 Å². The van der Waals surface area contributed by atoms with Crippen molar-refractivity contribution in [3.63, 3.8) is 0 Å². The highest BCUT2D eigenvalue weighted by molar-refractivity contribution is 6.36. The topological polar surface area (TPSA) is 167 Å². The number of benzene rings is 2. The summed E-state index contributed by atoms with van der Waals surface area (Å²) in [5, 5.41) is 41.5. The van der Waals surface area contributed by atoms with Crippen LogP contribution in [-0.2, 0) is 0 Å². The molecule has 4 rings (SSSR count). The monoisotopic (exact) mass is 505 g/mol. The molecule has 0 radical (unpaired) electrons. The molecule has 2 aromatic carbocycles. The van der Waals surface area contributed by atoms with E-state index in [0.29, 0.717) is 22.2 Å². The van der Waals surface area contributed by atoms with Crippen LogP contribution >= 0.6 is 23.2 Å². The van der Waals surface area contributed by atoms with Gasteiger partial charge in [0.05, 0.1) is 37.6 Å². The molecule has 14 heteroatoms. The number of fused-ring (bicyclic) bond motifs is 1. The second kappa shape index (κ2) is 9.68. The molecule has 174 valence electrons. The number of hydrogen-bond donors (Lipinski definition) is 1. The van der Waals surface area contributed by atoms with Crippen LogP contribution in [0.3, 0.4) is 0 Å². The first-order valence-corrected chi connectivity index (χ1v) is 9.94. The van der Waals surface area contributed by atoms with Crippen molar-refractivity contribution in [2.24, 2.45) is 0 Å². The second-order valence-corrected chi connectivity index (χ2v) is 7.67. The molecule has 34 heavy (non-hydrogen) atoms. The van der Waals surface area contributed by atoms with Gasteiger partial charge >= 0.3 is 11.4 Å². The number of imidazole rings is 1. The van der Waals surface area contributed by atoms with E-state index in [9.17, 15) is 30.3 Å². The van der Waals surface area contributed by atoms with Crippen molar-refractivity contribution in [3.8, 4) is 17.0 Å². The number of halogens is 2. The Kier molecular flexibility index (Phi) is 6.94. The summed E-state index contributed by atoms with van der Waals surface area (Å²) in [6.07, 6.45) is 3.95. The number of phenolic OH excluding ortho intramolecular Hbond substituents is 1. The highest BCUT2D eigenvalue weighted by Gasteiger charge is 2.30. The van der Waals surface area contributed by atoms with Gasteiger partial charge in [0.25, 0.3) is 11.4 Å². The molecule has 0 spiro atoms. The van der Waals surface area contributed by atoms with E-state index < -0.39 is 37.6 Å². The Morgan fingerprint density at radius 1 is 0.912 bits per heavy atom. The van der Waals surface area contributed by atoms with Gasteiger partial charge in [0.2, 0.25) is 0 Å². The highest BCUT2D eigenvalue weighted by atomic mass is 35.5. The van der Waals surface area contributed by atoms with Gasteiger partial charge in [-0.15, -0.1) is 0 Å². The zero-order valence-electron chi connectivity index (χ0n) is 17.1. The number of hydrogen-bond acceptors (Lipinski definition) is 8. The maximum atomic E-state index is 10.4. The molecule has 0 unspecified atom stereocenters. The van der Waals surface area contributed by atoms with Crippen molar-refractivity contribution >= 4 is 45.9 Å². The predicted molar refractivity (Wildman–Crippen MR) is 123 cm³/mol. The Morgan fingerprint density at radius 2 is 1.53 bits per heavy atom. The molecule has 0 aliphatic rings. The number of rotatable bonds is 4. The summed E-state index contributed by atoms with van der Waals surface area (Å²) in [6.45, 7) is 2.05. The first kappa shape index (κ1) is 24.4. The Hall–Kier alpha value is -4.29. The molecule has 0 fully saturated rings. The number of pyridine rings is 1. The summed E-state index contributed by atoms with van der Waals surface area (Å²) >= 11 is 12.1. The van der Waals surface area contributed by atoms with Gasteiger partial charge < -0.3 is 9.51 Å². The van der Waals surface area contributed by atoms with Crippen LogP contribution in [0.4, 0.5) is 17.1 Å². The van der Waals surface area contributed by atoms with Gasteiger partial charge in [-0.3, -0.25) is 30.3 Å². The first-order valence-electron chi connectivity index (χ1n) is 9.19. The average Bonchev–Trinajstić information content (AvgIpc) is 3.16. The minimum atomic E-state index is -1.21. The summed E-state index contributed by atoms with van der Waals surface area (Å²) in [5.74, 6) is -1.21. The van der Waals surface area contributed by atoms with E-state index in [0.717, 1.165) is 16.9 Å². The number of nitro groups is 3. The zero-order chi connectivity index (χ0) is 25.2. The Balaban J connectivity index is 0.000000192. The van der Waals surface area contributed by atoms with Gasteiger partial charge in [-0.2, -0.15) is 0 Å². The molecule has 0 aliphatic heterocycles. The molecule has 2 heterocycles. The zero-order valence-corrected chi connectivity index (χ0v) is 18.6. The lowest BCUT2D eigenvalue weighted by Crippen LogP contribution is -1.97. The number of nitro benzene ring substituents is 3. The van der Waals surface area contributed by atoms with Crippen molar-refractivity contribution in [1.29, 1.82) is 0 Å². The minimum absolute atomic E-state index is 0.447. The van der Waals surface area contributed by atoms with Crippen LogP contribution in [0.2, 0.25) is 10.0 Å². The molecule has 4 aromatic rings. The first-order chi connectivity index (χ1) is 16.0. The largest absolute Gasteiger partial charge is 0.497 e. The molecule has 1 N–H and O–H groups in total. The third-order valence-electron chi connectivity index (χ3n) is 4.48. The summed E-state index contributed by atoms with van der Waals surface area (Å²) in [7, 11) is 0. The quantitative estimate of drug-likeness (QED) is 0.270. The van der Waals surface area contributed by atoms with Gasteiger partial charge in [-0.1, -0.05) is 23.2 Å². The van der Waals surface area contributed by atoms with E-state index in [1.54, 1.807) is 6.07 Å². The van der Waals surface area contributed by atoms with Crippen LogP contribution in [0.25, 0.3) is 16.9 Å². The van der Waals surface area contributed by atoms with Crippen LogP contribution in [0.1, 0.15) is 5.56 Å². The number of aryl methyl sites for hydroxylation is 1. The predicted octanol–water partition coefficient (Wildman–Crippen LogP) is 5.73. The van der Waals surface area contributed by atoms with Crippen LogP contribution in [0.5, 0.6) is 5.75 Å². The smallest absolute Gasteiger partial charge is 0.324 e. The lowest BCUT2D eigenvalue weighted by Gasteiger charge is -2.00. The standard InChI is InChI=1S/C14H10Cl2N2.C6H3N3O7/c1-9-4-5-18-8-13(17-14(18)6-9)11-3-2-10(15)7-12(11)16;10-6-4(8(13)14)1-3(7(11)12)2-5(6)9(15)16/h2-8H,1H3;1-2,10H. The van der Waals surface area contributed by atoms with E-state index in [4.69, 9.17) is 28.3 Å². The van der Waals surface area contributed by atoms with Gasteiger partial charge in [0.15, 0.2) is 0 Å². The Labute approximate surface area is 200 Å². The van der Waals surface area contributed by atoms with Crippen molar-refractivity contribution < 1.29 is 19.9 Å². The van der Waals surface area contributed by atoms with Crippen molar-refractivity contribution in [2.75, 3.05) is 0 Å². The van der Waals surface area contributed by atoms with Crippen LogP contribution in [0.15, 0.2) is 54.9 Å². The molecule has 2 aromatic heterocycles. The molecular weight excluding hydrogens is 493 g/mol. The summed E-state index contributed by atoms with van der Waals surface area (Å²) in [5.41, 5.74) is 0.834. The third-order valence-corrected chi connectivity index (χ3v) is 5.03. The highest BCUT2D eigenvalue weighted by Crippen LogP contribution is 2.39. The van der Waals surface area contributed by atoms with Gasteiger partial charge in [-0.25, -0.2) is 4.98 Å². The maximum absolute atomic E-state index is 10.4. The lowest BCUT2D eigenvalue weighted by atomic mass is 10.2. The van der Waals surface area contributed by atoms with Crippen LogP contribution in [0, 0.1) is 37.3 Å². The van der Waals surface area contributed by atoms with Crippen molar-refractivity contribution in [1.82, 2.24) is 9.38 Å². The van der Waals surface area contributed by atoms with E-state index in [1.807, 2.05) is 48.0 Å².